The van der Waals surface area contributed by atoms with Crippen molar-refractivity contribution in [3.05, 3.63) is 16.7 Å². The number of carbonyl (C=O) groups is 1. The quantitative estimate of drug-likeness (QED) is 0.721. The highest BCUT2D eigenvalue weighted by atomic mass is 16.5. The van der Waals surface area contributed by atoms with E-state index in [1.165, 1.54) is 13.4 Å². The number of rotatable bonds is 4. The summed E-state index contributed by atoms with van der Waals surface area (Å²) < 4.78 is 5.07. The fraction of sp³-hybridized carbons (Fsp3) is 0.545. The lowest BCUT2D eigenvalue weighted by atomic mass is 10.3. The van der Waals surface area contributed by atoms with Crippen LogP contribution in [0.1, 0.15) is 0 Å². The van der Waals surface area contributed by atoms with Crippen molar-refractivity contribution in [1.82, 2.24) is 14.9 Å². The average Bonchev–Trinajstić information content (AvgIpc) is 2.38. The van der Waals surface area contributed by atoms with Gasteiger partial charge in [0.1, 0.15) is 0 Å². The van der Waals surface area contributed by atoms with Crippen LogP contribution in [0.25, 0.3) is 0 Å². The Balaban J connectivity index is 2.08. The van der Waals surface area contributed by atoms with E-state index in [-0.39, 0.29) is 17.9 Å². The minimum atomic E-state index is -0.833. The summed E-state index contributed by atoms with van der Waals surface area (Å²) in [6.07, 6.45) is 1.34. The topological polar surface area (TPSA) is 98.8 Å². The number of hydrogen-bond donors (Lipinski definition) is 2. The number of nitrogens with one attached hydrogen (secondary N) is 1. The highest BCUT2D eigenvalue weighted by Gasteiger charge is 2.23. The Labute approximate surface area is 109 Å². The second kappa shape index (κ2) is 5.70. The predicted octanol–water partition coefficient (Wildman–Crippen LogP) is -1.01. The van der Waals surface area contributed by atoms with E-state index >= 15 is 0 Å². The van der Waals surface area contributed by atoms with E-state index < -0.39 is 5.97 Å². The first-order valence-corrected chi connectivity index (χ1v) is 5.92. The summed E-state index contributed by atoms with van der Waals surface area (Å²) in [4.78, 5) is 32.6. The van der Waals surface area contributed by atoms with Gasteiger partial charge in [-0.3, -0.25) is 14.5 Å². The van der Waals surface area contributed by atoms with Gasteiger partial charge in [-0.25, -0.2) is 4.98 Å². The smallest absolute Gasteiger partial charge is 0.317 e. The Morgan fingerprint density at radius 2 is 2.16 bits per heavy atom. The maximum atomic E-state index is 11.6. The van der Waals surface area contributed by atoms with Gasteiger partial charge in [-0.2, -0.15) is 0 Å². The first-order valence-electron chi connectivity index (χ1n) is 5.92. The van der Waals surface area contributed by atoms with E-state index in [1.54, 1.807) is 0 Å². The Morgan fingerprint density at radius 3 is 2.74 bits per heavy atom. The van der Waals surface area contributed by atoms with Gasteiger partial charge in [-0.1, -0.05) is 0 Å². The van der Waals surface area contributed by atoms with Crippen molar-refractivity contribution in [1.29, 1.82) is 0 Å². The van der Waals surface area contributed by atoms with Crippen LogP contribution in [0, 0.1) is 0 Å². The molecule has 2 rings (SSSR count). The van der Waals surface area contributed by atoms with Crippen LogP contribution in [-0.2, 0) is 4.79 Å². The molecule has 0 amide bonds. The zero-order valence-electron chi connectivity index (χ0n) is 10.6. The Bertz CT molecular complexity index is 508. The molecule has 104 valence electrons. The molecule has 0 unspecified atom stereocenters. The number of aromatic amines is 1. The van der Waals surface area contributed by atoms with Gasteiger partial charge in [0.05, 0.1) is 20.0 Å². The number of H-pyrrole nitrogens is 1. The molecule has 1 aromatic rings. The second-order valence-electron chi connectivity index (χ2n) is 4.25. The number of aliphatic carboxylic acids is 1. The number of carboxylic acid groups (broad SMARTS) is 1. The van der Waals surface area contributed by atoms with E-state index in [4.69, 9.17) is 9.84 Å². The normalized spacial score (nSPS) is 16.4. The summed E-state index contributed by atoms with van der Waals surface area (Å²) in [5.41, 5.74) is -0.319. The molecule has 0 bridgehead atoms. The highest BCUT2D eigenvalue weighted by molar-refractivity contribution is 5.69. The fourth-order valence-electron chi connectivity index (χ4n) is 2.10. The summed E-state index contributed by atoms with van der Waals surface area (Å²) in [6, 6.07) is 0. The lowest BCUT2D eigenvalue weighted by molar-refractivity contribution is -0.138. The molecule has 8 nitrogen and oxygen atoms in total. The van der Waals surface area contributed by atoms with Gasteiger partial charge in [-0.15, -0.1) is 0 Å². The van der Waals surface area contributed by atoms with E-state index in [1.807, 2.05) is 9.80 Å². The van der Waals surface area contributed by atoms with Gasteiger partial charge in [0.15, 0.2) is 5.82 Å². The molecule has 0 radical (unpaired) electrons. The van der Waals surface area contributed by atoms with Gasteiger partial charge in [-0.05, 0) is 0 Å². The van der Waals surface area contributed by atoms with Crippen molar-refractivity contribution in [2.75, 3.05) is 44.7 Å². The van der Waals surface area contributed by atoms with Gasteiger partial charge in [0.25, 0.3) is 5.56 Å². The zero-order chi connectivity index (χ0) is 13.8. The molecule has 0 atom stereocenters. The van der Waals surface area contributed by atoms with E-state index in [2.05, 4.69) is 9.97 Å². The van der Waals surface area contributed by atoms with Crippen LogP contribution in [0.2, 0.25) is 0 Å². The van der Waals surface area contributed by atoms with Crippen LogP contribution in [0.15, 0.2) is 11.1 Å². The number of hydrogen-bond acceptors (Lipinski definition) is 6. The summed E-state index contributed by atoms with van der Waals surface area (Å²) in [5, 5.41) is 8.73. The predicted molar refractivity (Wildman–Crippen MR) is 67.7 cm³/mol. The van der Waals surface area contributed by atoms with Crippen LogP contribution < -0.4 is 15.2 Å². The molecule has 1 aliphatic heterocycles. The van der Waals surface area contributed by atoms with E-state index in [9.17, 15) is 9.59 Å². The number of anilines is 1. The lowest BCUT2D eigenvalue weighted by Gasteiger charge is -2.34. The Hall–Kier alpha value is -2.09. The average molecular weight is 268 g/mol. The molecule has 2 N–H and O–H groups in total. The third-order valence-corrected chi connectivity index (χ3v) is 3.03. The molecule has 1 fully saturated rings. The molecule has 1 saturated heterocycles. The number of carboxylic acids is 1. The minimum absolute atomic E-state index is 0.0355. The first-order chi connectivity index (χ1) is 9.11. The van der Waals surface area contributed by atoms with Crippen molar-refractivity contribution in [2.24, 2.45) is 0 Å². The zero-order valence-corrected chi connectivity index (χ0v) is 10.6. The van der Waals surface area contributed by atoms with Gasteiger partial charge < -0.3 is 19.7 Å². The van der Waals surface area contributed by atoms with Crippen LogP contribution in [0.4, 0.5) is 5.82 Å². The molecule has 19 heavy (non-hydrogen) atoms. The number of ether oxygens (including phenoxy) is 1. The number of methoxy groups -OCH3 is 1. The van der Waals surface area contributed by atoms with Crippen molar-refractivity contribution < 1.29 is 14.6 Å². The second-order valence-corrected chi connectivity index (χ2v) is 4.25. The van der Waals surface area contributed by atoms with E-state index in [0.29, 0.717) is 32.0 Å². The molecule has 0 aliphatic carbocycles. The third-order valence-electron chi connectivity index (χ3n) is 3.03. The molecule has 0 spiro atoms. The third kappa shape index (κ3) is 3.02. The number of piperazine rings is 1. The lowest BCUT2D eigenvalue weighted by Crippen LogP contribution is -2.48. The minimum Gasteiger partial charge on any atom is -0.489 e. The van der Waals surface area contributed by atoms with Gasteiger partial charge in [0, 0.05) is 26.2 Å². The first kappa shape index (κ1) is 13.3. The largest absolute Gasteiger partial charge is 0.489 e. The van der Waals surface area contributed by atoms with Crippen LogP contribution in [0.5, 0.6) is 5.75 Å². The molecule has 8 heteroatoms. The SMILES string of the molecule is COc1c(N2CCN(CC(=O)O)CC2)nc[nH]c1=O. The summed E-state index contributed by atoms with van der Waals surface area (Å²) in [7, 11) is 1.43. The van der Waals surface area contributed by atoms with E-state index in [0.717, 1.165) is 0 Å². The van der Waals surface area contributed by atoms with Crippen molar-refractivity contribution >= 4 is 11.8 Å². The Kier molecular flexibility index (Phi) is 4.00. The maximum absolute atomic E-state index is 11.6. The molecule has 1 aliphatic rings. The molecule has 0 saturated carbocycles. The van der Waals surface area contributed by atoms with Crippen LogP contribution >= 0.6 is 0 Å². The maximum Gasteiger partial charge on any atom is 0.317 e. The highest BCUT2D eigenvalue weighted by Crippen LogP contribution is 2.21. The number of nitrogens with zero attached hydrogens (tertiary/aromatic N) is 3. The fourth-order valence-corrected chi connectivity index (χ4v) is 2.10. The molecule has 0 aromatic carbocycles. The summed E-state index contributed by atoms with van der Waals surface area (Å²) in [5.74, 6) is -0.143. The van der Waals surface area contributed by atoms with Crippen LogP contribution in [-0.4, -0.2) is 65.8 Å². The Morgan fingerprint density at radius 1 is 1.47 bits per heavy atom. The molecule has 2 heterocycles. The standard InChI is InChI=1S/C11H16N4O4/c1-19-9-10(12-7-13-11(9)18)15-4-2-14(3-5-15)6-8(16)17/h7H,2-6H2,1H3,(H,16,17)(H,12,13,18). The van der Waals surface area contributed by atoms with Crippen LogP contribution in [0.3, 0.4) is 0 Å². The summed E-state index contributed by atoms with van der Waals surface area (Å²) in [6.45, 7) is 2.49. The van der Waals surface area contributed by atoms with Crippen molar-refractivity contribution in [3.8, 4) is 5.75 Å². The number of aromatic nitrogens is 2. The molecular weight excluding hydrogens is 252 g/mol. The van der Waals surface area contributed by atoms with Gasteiger partial charge >= 0.3 is 5.97 Å². The van der Waals surface area contributed by atoms with Gasteiger partial charge in [0.2, 0.25) is 5.75 Å². The molecule has 1 aromatic heterocycles. The van der Waals surface area contributed by atoms with Crippen molar-refractivity contribution in [3.63, 3.8) is 0 Å². The molecular formula is C11H16N4O4. The monoisotopic (exact) mass is 268 g/mol. The van der Waals surface area contributed by atoms with Crippen molar-refractivity contribution in [2.45, 2.75) is 0 Å². The summed E-state index contributed by atoms with van der Waals surface area (Å²) >= 11 is 0.